The zero-order chi connectivity index (χ0) is 15.2. The number of para-hydroxylation sites is 1. The average Bonchev–Trinajstić information content (AvgIpc) is 2.84. The Labute approximate surface area is 120 Å². The lowest BCUT2D eigenvalue weighted by Gasteiger charge is -2.10. The minimum absolute atomic E-state index is 0.155. The summed E-state index contributed by atoms with van der Waals surface area (Å²) in [7, 11) is 1.73. The predicted octanol–water partition coefficient (Wildman–Crippen LogP) is 0.764. The normalized spacial score (nSPS) is 10.1. The number of hydrogen-bond donors (Lipinski definition) is 3. The lowest BCUT2D eigenvalue weighted by atomic mass is 10.1. The van der Waals surface area contributed by atoms with Crippen LogP contribution in [0.25, 0.3) is 0 Å². The van der Waals surface area contributed by atoms with Gasteiger partial charge in [0.25, 0.3) is 0 Å². The number of amides is 2. The molecule has 2 aromatic rings. The fourth-order valence-corrected chi connectivity index (χ4v) is 1.75. The Morgan fingerprint density at radius 3 is 2.76 bits per heavy atom. The molecule has 0 fully saturated rings. The van der Waals surface area contributed by atoms with E-state index in [0.717, 1.165) is 0 Å². The maximum absolute atomic E-state index is 11.8. The third kappa shape index (κ3) is 4.30. The molecular formula is C13H15N5O3. The summed E-state index contributed by atoms with van der Waals surface area (Å²) in [5, 5.41) is 18.1. The molecule has 0 aliphatic heterocycles. The van der Waals surface area contributed by atoms with E-state index in [0.29, 0.717) is 17.1 Å². The molecule has 2 amide bonds. The zero-order valence-electron chi connectivity index (χ0n) is 11.4. The van der Waals surface area contributed by atoms with Gasteiger partial charge in [-0.2, -0.15) is 5.10 Å². The number of carbonyl (C=O) groups is 2. The van der Waals surface area contributed by atoms with Crippen molar-refractivity contribution in [1.82, 2.24) is 20.1 Å². The maximum Gasteiger partial charge on any atom is 0.319 e. The minimum atomic E-state index is -0.956. The number of aryl methyl sites for hydroxylation is 1. The van der Waals surface area contributed by atoms with Crippen molar-refractivity contribution < 1.29 is 14.7 Å². The molecule has 0 bridgehead atoms. The largest absolute Gasteiger partial charge is 0.481 e. The standard InChI is InChI=1S/C13H15N5O3/c1-18-8-15-11(17-18)7-14-13(21)16-10-5-3-2-4-9(10)6-12(19)20/h2-5,8H,6-7H2,1H3,(H,19,20)(H2,14,16,21). The monoisotopic (exact) mass is 289 g/mol. The van der Waals surface area contributed by atoms with Crippen LogP contribution in [-0.2, 0) is 24.8 Å². The van der Waals surface area contributed by atoms with E-state index in [1.165, 1.54) is 11.0 Å². The predicted molar refractivity (Wildman–Crippen MR) is 74.6 cm³/mol. The topological polar surface area (TPSA) is 109 Å². The molecule has 0 saturated heterocycles. The van der Waals surface area contributed by atoms with Crippen LogP contribution in [0.2, 0.25) is 0 Å². The molecule has 0 saturated carbocycles. The molecule has 1 heterocycles. The number of aromatic nitrogens is 3. The minimum Gasteiger partial charge on any atom is -0.481 e. The SMILES string of the molecule is Cn1cnc(CNC(=O)Nc2ccccc2CC(=O)O)n1. The molecule has 1 aromatic carbocycles. The van der Waals surface area contributed by atoms with Crippen LogP contribution < -0.4 is 10.6 Å². The number of carboxylic acid groups (broad SMARTS) is 1. The van der Waals surface area contributed by atoms with Gasteiger partial charge in [0.15, 0.2) is 5.82 Å². The first-order valence-corrected chi connectivity index (χ1v) is 6.23. The third-order valence-electron chi connectivity index (χ3n) is 2.66. The van der Waals surface area contributed by atoms with Gasteiger partial charge in [-0.05, 0) is 11.6 Å². The number of nitrogens with zero attached hydrogens (tertiary/aromatic N) is 3. The molecule has 2 rings (SSSR count). The molecule has 0 atom stereocenters. The van der Waals surface area contributed by atoms with Gasteiger partial charge in [0.2, 0.25) is 0 Å². The van der Waals surface area contributed by atoms with Crippen molar-refractivity contribution in [3.8, 4) is 0 Å². The van der Waals surface area contributed by atoms with E-state index in [9.17, 15) is 9.59 Å². The van der Waals surface area contributed by atoms with Gasteiger partial charge in [-0.25, -0.2) is 9.78 Å². The lowest BCUT2D eigenvalue weighted by Crippen LogP contribution is -2.29. The smallest absolute Gasteiger partial charge is 0.319 e. The summed E-state index contributed by atoms with van der Waals surface area (Å²) in [5.41, 5.74) is 1.00. The van der Waals surface area contributed by atoms with Crippen LogP contribution in [0.3, 0.4) is 0 Å². The van der Waals surface area contributed by atoms with Crippen LogP contribution in [-0.4, -0.2) is 31.9 Å². The van der Waals surface area contributed by atoms with Crippen LogP contribution in [0.15, 0.2) is 30.6 Å². The second-order valence-electron chi connectivity index (χ2n) is 4.37. The van der Waals surface area contributed by atoms with Gasteiger partial charge in [0.1, 0.15) is 6.33 Å². The number of benzene rings is 1. The van der Waals surface area contributed by atoms with E-state index >= 15 is 0 Å². The Morgan fingerprint density at radius 2 is 2.10 bits per heavy atom. The number of nitrogens with one attached hydrogen (secondary N) is 2. The highest BCUT2D eigenvalue weighted by molar-refractivity contribution is 5.90. The molecule has 0 radical (unpaired) electrons. The van der Waals surface area contributed by atoms with Crippen LogP contribution in [0.1, 0.15) is 11.4 Å². The molecule has 8 nitrogen and oxygen atoms in total. The van der Waals surface area contributed by atoms with Gasteiger partial charge in [0.05, 0.1) is 13.0 Å². The highest BCUT2D eigenvalue weighted by atomic mass is 16.4. The summed E-state index contributed by atoms with van der Waals surface area (Å²) in [6, 6.07) is 6.31. The lowest BCUT2D eigenvalue weighted by molar-refractivity contribution is -0.136. The number of anilines is 1. The van der Waals surface area contributed by atoms with Gasteiger partial charge in [-0.15, -0.1) is 0 Å². The Morgan fingerprint density at radius 1 is 1.33 bits per heavy atom. The summed E-state index contributed by atoms with van der Waals surface area (Å²) in [5.74, 6) is -0.464. The molecule has 110 valence electrons. The number of hydrogen-bond acceptors (Lipinski definition) is 4. The number of aliphatic carboxylic acids is 1. The maximum atomic E-state index is 11.8. The second-order valence-corrected chi connectivity index (χ2v) is 4.37. The highest BCUT2D eigenvalue weighted by Gasteiger charge is 2.09. The van der Waals surface area contributed by atoms with Gasteiger partial charge in [-0.3, -0.25) is 9.48 Å². The highest BCUT2D eigenvalue weighted by Crippen LogP contribution is 2.15. The van der Waals surface area contributed by atoms with Crippen LogP contribution in [0, 0.1) is 0 Å². The first kappa shape index (κ1) is 14.5. The number of urea groups is 1. The number of carbonyl (C=O) groups excluding carboxylic acids is 1. The van der Waals surface area contributed by atoms with E-state index in [2.05, 4.69) is 20.7 Å². The van der Waals surface area contributed by atoms with Crippen molar-refractivity contribution in [3.63, 3.8) is 0 Å². The van der Waals surface area contributed by atoms with Crippen molar-refractivity contribution in [1.29, 1.82) is 0 Å². The van der Waals surface area contributed by atoms with E-state index in [1.54, 1.807) is 31.3 Å². The average molecular weight is 289 g/mol. The van der Waals surface area contributed by atoms with Crippen LogP contribution in [0.4, 0.5) is 10.5 Å². The molecule has 21 heavy (non-hydrogen) atoms. The number of carboxylic acids is 1. The summed E-state index contributed by atoms with van der Waals surface area (Å²) < 4.78 is 1.54. The van der Waals surface area contributed by atoms with Gasteiger partial charge >= 0.3 is 12.0 Å². The first-order chi connectivity index (χ1) is 10.0. The molecule has 0 aliphatic rings. The fraction of sp³-hybridized carbons (Fsp3) is 0.231. The number of rotatable bonds is 5. The molecule has 8 heteroatoms. The Balaban J connectivity index is 1.94. The third-order valence-corrected chi connectivity index (χ3v) is 2.66. The molecule has 1 aromatic heterocycles. The van der Waals surface area contributed by atoms with E-state index in [1.807, 2.05) is 0 Å². The fourth-order valence-electron chi connectivity index (χ4n) is 1.75. The second kappa shape index (κ2) is 6.51. The Hall–Kier alpha value is -2.90. The van der Waals surface area contributed by atoms with Crippen molar-refractivity contribution in [2.24, 2.45) is 7.05 Å². The molecular weight excluding hydrogens is 274 g/mol. The van der Waals surface area contributed by atoms with Gasteiger partial charge in [0, 0.05) is 12.7 Å². The van der Waals surface area contributed by atoms with Gasteiger partial charge < -0.3 is 15.7 Å². The Bertz CT molecular complexity index is 653. The van der Waals surface area contributed by atoms with Crippen molar-refractivity contribution >= 4 is 17.7 Å². The zero-order valence-corrected chi connectivity index (χ0v) is 11.4. The van der Waals surface area contributed by atoms with E-state index in [4.69, 9.17) is 5.11 Å². The molecule has 0 unspecified atom stereocenters. The first-order valence-electron chi connectivity index (χ1n) is 6.23. The van der Waals surface area contributed by atoms with Crippen molar-refractivity contribution in [3.05, 3.63) is 42.0 Å². The van der Waals surface area contributed by atoms with E-state index < -0.39 is 12.0 Å². The summed E-state index contributed by atoms with van der Waals surface area (Å²) >= 11 is 0. The van der Waals surface area contributed by atoms with E-state index in [-0.39, 0.29) is 13.0 Å². The molecule has 0 spiro atoms. The van der Waals surface area contributed by atoms with Crippen molar-refractivity contribution in [2.45, 2.75) is 13.0 Å². The molecule has 3 N–H and O–H groups in total. The quantitative estimate of drug-likeness (QED) is 0.753. The summed E-state index contributed by atoms with van der Waals surface area (Å²) in [6.07, 6.45) is 1.38. The summed E-state index contributed by atoms with van der Waals surface area (Å²) in [4.78, 5) is 26.6. The van der Waals surface area contributed by atoms with Crippen LogP contribution >= 0.6 is 0 Å². The molecule has 0 aliphatic carbocycles. The Kier molecular flexibility index (Phi) is 4.50. The van der Waals surface area contributed by atoms with Crippen LogP contribution in [0.5, 0.6) is 0 Å². The summed E-state index contributed by atoms with van der Waals surface area (Å²) in [6.45, 7) is 0.188. The van der Waals surface area contributed by atoms with Crippen molar-refractivity contribution in [2.75, 3.05) is 5.32 Å². The van der Waals surface area contributed by atoms with Gasteiger partial charge in [-0.1, -0.05) is 18.2 Å².